The third-order valence-corrected chi connectivity index (χ3v) is 15.4. The largest absolute Gasteiger partial charge is 0.311 e. The van der Waals surface area contributed by atoms with Crippen LogP contribution in [0.5, 0.6) is 0 Å². The molecule has 2 aliphatic carbocycles. The summed E-state index contributed by atoms with van der Waals surface area (Å²) in [6.45, 7) is 36.1. The van der Waals surface area contributed by atoms with E-state index in [1.165, 1.54) is 101 Å². The number of aryl methyl sites for hydroxylation is 1. The summed E-state index contributed by atoms with van der Waals surface area (Å²) in [5.74, 6) is 0. The van der Waals surface area contributed by atoms with Crippen LogP contribution >= 0.6 is 0 Å². The van der Waals surface area contributed by atoms with Crippen LogP contribution in [0.15, 0.2) is 109 Å². The standard InChI is InChI=1S/C59H67BN2/c1-36-27-51-53-52(28-36)62(48-26-22-38(54(2,3)4)29-41(48)37-19-17-16-18-20-37)49-30-39(55(5,6)7)21-25-46(49)60(53)47-32-44-45(59(14,15)35-58(44,12)13)33-50(47)61(51)40-23-24-42-43(31-40)57(10,11)34-56(42,8)9/h16-33H,34-35H2,1-15H3. The fourth-order valence-electron chi connectivity index (χ4n) is 12.8. The normalized spacial score (nSPS) is 18.5. The van der Waals surface area contributed by atoms with Crippen LogP contribution in [-0.4, -0.2) is 6.71 Å². The lowest BCUT2D eigenvalue weighted by Gasteiger charge is -2.46. The van der Waals surface area contributed by atoms with Gasteiger partial charge in [-0.25, -0.2) is 0 Å². The van der Waals surface area contributed by atoms with Gasteiger partial charge in [-0.3, -0.25) is 0 Å². The minimum absolute atomic E-state index is 0.00131. The lowest BCUT2D eigenvalue weighted by Crippen LogP contribution is -2.61. The number of benzene rings is 6. The average Bonchev–Trinajstić information content (AvgIpc) is 3.49. The number of nitrogens with zero attached hydrogens (tertiary/aromatic N) is 2. The molecule has 0 bridgehead atoms. The highest BCUT2D eigenvalue weighted by molar-refractivity contribution is 7.00. The van der Waals surface area contributed by atoms with E-state index >= 15 is 0 Å². The monoisotopic (exact) mass is 815 g/mol. The van der Waals surface area contributed by atoms with Crippen LogP contribution in [0.1, 0.15) is 149 Å². The Morgan fingerprint density at radius 3 is 1.61 bits per heavy atom. The van der Waals surface area contributed by atoms with Gasteiger partial charge in [0.05, 0.1) is 5.69 Å². The molecule has 0 spiro atoms. The highest BCUT2D eigenvalue weighted by atomic mass is 15.2. The minimum atomic E-state index is -0.0231. The minimum Gasteiger partial charge on any atom is -0.311 e. The van der Waals surface area contributed by atoms with Gasteiger partial charge in [-0.15, -0.1) is 0 Å². The van der Waals surface area contributed by atoms with Gasteiger partial charge in [-0.2, -0.15) is 0 Å². The van der Waals surface area contributed by atoms with Gasteiger partial charge in [-0.05, 0) is 162 Å². The quantitative estimate of drug-likeness (QED) is 0.164. The molecule has 0 saturated heterocycles. The zero-order valence-electron chi connectivity index (χ0n) is 40.3. The smallest absolute Gasteiger partial charge is 0.252 e. The van der Waals surface area contributed by atoms with E-state index in [2.05, 4.69) is 223 Å². The molecule has 2 nitrogen and oxygen atoms in total. The summed E-state index contributed by atoms with van der Waals surface area (Å²) in [4.78, 5) is 5.33. The van der Waals surface area contributed by atoms with E-state index in [4.69, 9.17) is 0 Å². The van der Waals surface area contributed by atoms with Crippen LogP contribution < -0.4 is 26.2 Å². The second-order valence-electron chi connectivity index (χ2n) is 24.3. The van der Waals surface area contributed by atoms with Crippen molar-refractivity contribution in [3.05, 3.63) is 148 Å². The second-order valence-corrected chi connectivity index (χ2v) is 24.3. The summed E-state index contributed by atoms with van der Waals surface area (Å²) in [6.07, 6.45) is 2.28. The highest BCUT2D eigenvalue weighted by Gasteiger charge is 2.49. The molecular formula is C59H67BN2. The fraction of sp³-hybridized carbons (Fsp3) is 0.390. The molecule has 4 aliphatic rings. The highest BCUT2D eigenvalue weighted by Crippen LogP contribution is 2.55. The van der Waals surface area contributed by atoms with Gasteiger partial charge >= 0.3 is 0 Å². The molecule has 10 rings (SSSR count). The Balaban J connectivity index is 1.33. The molecule has 62 heavy (non-hydrogen) atoms. The molecule has 0 fully saturated rings. The first-order chi connectivity index (χ1) is 28.9. The number of hydrogen-bond donors (Lipinski definition) is 0. The van der Waals surface area contributed by atoms with Crippen molar-refractivity contribution >= 4 is 57.2 Å². The van der Waals surface area contributed by atoms with Gasteiger partial charge < -0.3 is 9.80 Å². The van der Waals surface area contributed by atoms with Gasteiger partial charge in [0.2, 0.25) is 0 Å². The van der Waals surface area contributed by atoms with Crippen molar-refractivity contribution < 1.29 is 0 Å². The third kappa shape index (κ3) is 6.11. The number of anilines is 6. The van der Waals surface area contributed by atoms with Gasteiger partial charge in [0.1, 0.15) is 0 Å². The van der Waals surface area contributed by atoms with Crippen LogP contribution in [0.3, 0.4) is 0 Å². The van der Waals surface area contributed by atoms with E-state index in [0.29, 0.717) is 0 Å². The van der Waals surface area contributed by atoms with Crippen LogP contribution in [0, 0.1) is 6.92 Å². The zero-order chi connectivity index (χ0) is 44.3. The molecule has 0 amide bonds. The van der Waals surface area contributed by atoms with Crippen molar-refractivity contribution in [2.45, 2.75) is 149 Å². The van der Waals surface area contributed by atoms with Crippen molar-refractivity contribution in [2.75, 3.05) is 9.80 Å². The summed E-state index contributed by atoms with van der Waals surface area (Å²) < 4.78 is 0. The molecule has 3 heteroatoms. The molecule has 6 aromatic carbocycles. The Labute approximate surface area is 373 Å². The Morgan fingerprint density at radius 2 is 0.984 bits per heavy atom. The van der Waals surface area contributed by atoms with Crippen molar-refractivity contribution in [3.8, 4) is 11.1 Å². The molecule has 2 heterocycles. The third-order valence-electron chi connectivity index (χ3n) is 15.4. The van der Waals surface area contributed by atoms with Gasteiger partial charge in [0, 0.05) is 34.0 Å². The van der Waals surface area contributed by atoms with Gasteiger partial charge in [0.15, 0.2) is 0 Å². The van der Waals surface area contributed by atoms with Crippen molar-refractivity contribution in [2.24, 2.45) is 0 Å². The van der Waals surface area contributed by atoms with E-state index in [1.807, 2.05) is 0 Å². The predicted molar refractivity (Wildman–Crippen MR) is 269 cm³/mol. The maximum atomic E-state index is 2.68. The Hall–Kier alpha value is -5.02. The molecule has 2 aliphatic heterocycles. The Morgan fingerprint density at radius 1 is 0.452 bits per heavy atom. The Kier molecular flexibility index (Phi) is 8.62. The number of fused-ring (bicyclic) bond motifs is 6. The summed E-state index contributed by atoms with van der Waals surface area (Å²) >= 11 is 0. The second kappa shape index (κ2) is 13.0. The van der Waals surface area contributed by atoms with E-state index in [9.17, 15) is 0 Å². The van der Waals surface area contributed by atoms with Crippen LogP contribution in [0.4, 0.5) is 34.1 Å². The van der Waals surface area contributed by atoms with Crippen molar-refractivity contribution in [3.63, 3.8) is 0 Å². The lowest BCUT2D eigenvalue weighted by molar-refractivity contribution is 0.403. The van der Waals surface area contributed by atoms with Gasteiger partial charge in [-0.1, -0.05) is 158 Å². The SMILES string of the molecule is Cc1cc2c3c(c1)N(c1ccc(C(C)(C)C)cc1-c1ccccc1)c1cc(C(C)(C)C)ccc1B3c1cc3c(cc1N2c1ccc2c(c1)C(C)(C)CC2(C)C)C(C)(C)CC3(C)C. The molecule has 316 valence electrons. The van der Waals surface area contributed by atoms with E-state index in [1.54, 1.807) is 0 Å². The Bertz CT molecular complexity index is 2840. The number of rotatable bonds is 3. The molecular weight excluding hydrogens is 747 g/mol. The van der Waals surface area contributed by atoms with Crippen LogP contribution in [0.25, 0.3) is 11.1 Å². The molecule has 0 saturated carbocycles. The first-order valence-electron chi connectivity index (χ1n) is 23.3. The summed E-state index contributed by atoms with van der Waals surface area (Å²) in [6, 6.07) is 43.5. The maximum absolute atomic E-state index is 2.68. The molecule has 0 N–H and O–H groups in total. The van der Waals surface area contributed by atoms with E-state index < -0.39 is 0 Å². The summed E-state index contributed by atoms with van der Waals surface area (Å²) in [7, 11) is 0. The van der Waals surface area contributed by atoms with E-state index in [-0.39, 0.29) is 39.2 Å². The van der Waals surface area contributed by atoms with E-state index in [0.717, 1.165) is 12.8 Å². The predicted octanol–water partition coefficient (Wildman–Crippen LogP) is 14.3. The maximum Gasteiger partial charge on any atom is 0.252 e. The lowest BCUT2D eigenvalue weighted by atomic mass is 9.33. The first-order valence-corrected chi connectivity index (χ1v) is 23.3. The molecule has 0 aromatic heterocycles. The molecule has 0 atom stereocenters. The topological polar surface area (TPSA) is 6.48 Å². The molecule has 6 aromatic rings. The fourth-order valence-corrected chi connectivity index (χ4v) is 12.8. The van der Waals surface area contributed by atoms with Crippen LogP contribution in [0.2, 0.25) is 0 Å². The zero-order valence-corrected chi connectivity index (χ0v) is 40.3. The summed E-state index contributed by atoms with van der Waals surface area (Å²) in [5, 5.41) is 0. The van der Waals surface area contributed by atoms with Crippen molar-refractivity contribution in [1.82, 2.24) is 0 Å². The van der Waals surface area contributed by atoms with Crippen molar-refractivity contribution in [1.29, 1.82) is 0 Å². The summed E-state index contributed by atoms with van der Waals surface area (Å²) in [5.41, 5.74) is 24.6. The van der Waals surface area contributed by atoms with Gasteiger partial charge in [0.25, 0.3) is 6.71 Å². The number of hydrogen-bond acceptors (Lipinski definition) is 2. The van der Waals surface area contributed by atoms with Crippen LogP contribution in [-0.2, 0) is 32.5 Å². The first kappa shape index (κ1) is 41.0. The molecule has 0 radical (unpaired) electrons. The molecule has 0 unspecified atom stereocenters. The average molecular weight is 815 g/mol.